The molecule has 0 atom stereocenters. The first kappa shape index (κ1) is 18.4. The van der Waals surface area contributed by atoms with E-state index in [1.807, 2.05) is 0 Å². The van der Waals surface area contributed by atoms with Gasteiger partial charge in [-0.1, -0.05) is 29.3 Å². The van der Waals surface area contributed by atoms with Crippen LogP contribution in [0.25, 0.3) is 0 Å². The van der Waals surface area contributed by atoms with E-state index < -0.39 is 5.82 Å². The molecular weight excluding hydrogens is 382 g/mol. The molecule has 0 saturated heterocycles. The lowest BCUT2D eigenvalue weighted by Gasteiger charge is -2.11. The maximum Gasteiger partial charge on any atom is 0.229 e. The second-order valence-corrected chi connectivity index (χ2v) is 6.10. The molecule has 136 valence electrons. The van der Waals surface area contributed by atoms with Crippen molar-refractivity contribution in [3.63, 3.8) is 0 Å². The zero-order chi connectivity index (χ0) is 18.5. The largest absolute Gasteiger partial charge is 0.394 e. The Hall–Kier alpha value is -2.42. The highest BCUT2D eigenvalue weighted by molar-refractivity contribution is 6.36. The summed E-state index contributed by atoms with van der Waals surface area (Å²) in [6.07, 6.45) is 4.29. The number of nitrogens with zero attached hydrogens (tertiary/aromatic N) is 4. The van der Waals surface area contributed by atoms with E-state index >= 15 is 0 Å². The number of rotatable bonds is 7. The maximum absolute atomic E-state index is 14.0. The molecule has 7 nitrogen and oxygen atoms in total. The fourth-order valence-electron chi connectivity index (χ4n) is 2.21. The Bertz CT molecular complexity index is 884. The highest BCUT2D eigenvalue weighted by atomic mass is 35.5. The number of nitrogens with one attached hydrogen (secondary N) is 2. The number of anilines is 3. The van der Waals surface area contributed by atoms with E-state index in [0.717, 1.165) is 6.20 Å². The lowest BCUT2D eigenvalue weighted by molar-refractivity contribution is 0.269. The summed E-state index contributed by atoms with van der Waals surface area (Å²) in [5, 5.41) is 19.7. The minimum absolute atomic E-state index is 0.0150. The van der Waals surface area contributed by atoms with Crippen molar-refractivity contribution in [1.82, 2.24) is 19.7 Å². The molecule has 3 N–H and O–H groups in total. The number of hydrogen-bond donors (Lipinski definition) is 3. The summed E-state index contributed by atoms with van der Waals surface area (Å²) < 4.78 is 15.6. The highest BCUT2D eigenvalue weighted by Crippen LogP contribution is 2.25. The summed E-state index contributed by atoms with van der Waals surface area (Å²) in [6, 6.07) is 5.15. The van der Waals surface area contributed by atoms with Crippen LogP contribution >= 0.6 is 23.2 Å². The monoisotopic (exact) mass is 396 g/mol. The van der Waals surface area contributed by atoms with Gasteiger partial charge in [-0.05, 0) is 12.1 Å². The fraction of sp³-hybridized carbons (Fsp3) is 0.188. The van der Waals surface area contributed by atoms with E-state index in [0.29, 0.717) is 27.8 Å². The van der Waals surface area contributed by atoms with Gasteiger partial charge >= 0.3 is 0 Å². The predicted molar refractivity (Wildman–Crippen MR) is 98.4 cm³/mol. The van der Waals surface area contributed by atoms with Crippen molar-refractivity contribution in [2.45, 2.75) is 13.1 Å². The van der Waals surface area contributed by atoms with Crippen molar-refractivity contribution in [2.75, 3.05) is 17.2 Å². The molecule has 2 heterocycles. The summed E-state index contributed by atoms with van der Waals surface area (Å²) in [5.74, 6) is -0.390. The van der Waals surface area contributed by atoms with Gasteiger partial charge in [0, 0.05) is 28.4 Å². The Labute approximate surface area is 158 Å². The van der Waals surface area contributed by atoms with Crippen LogP contribution in [0.4, 0.5) is 21.8 Å². The molecule has 0 aliphatic carbocycles. The van der Waals surface area contributed by atoms with Gasteiger partial charge in [-0.25, -0.2) is 9.37 Å². The van der Waals surface area contributed by atoms with E-state index in [1.165, 1.54) is 0 Å². The quantitative estimate of drug-likeness (QED) is 0.566. The Balaban J connectivity index is 1.73. The molecule has 0 aliphatic heterocycles. The topological polar surface area (TPSA) is 87.9 Å². The first-order valence-corrected chi connectivity index (χ1v) is 8.42. The molecule has 3 aromatic rings. The van der Waals surface area contributed by atoms with Crippen LogP contribution in [0.5, 0.6) is 0 Å². The molecule has 0 amide bonds. The molecule has 26 heavy (non-hydrogen) atoms. The van der Waals surface area contributed by atoms with Gasteiger partial charge in [0.1, 0.15) is 0 Å². The molecule has 0 fully saturated rings. The minimum Gasteiger partial charge on any atom is -0.394 e. The Morgan fingerprint density at radius 1 is 1.19 bits per heavy atom. The van der Waals surface area contributed by atoms with Gasteiger partial charge in [-0.15, -0.1) is 0 Å². The second-order valence-electron chi connectivity index (χ2n) is 5.28. The van der Waals surface area contributed by atoms with E-state index in [9.17, 15) is 4.39 Å². The van der Waals surface area contributed by atoms with E-state index in [1.54, 1.807) is 35.3 Å². The van der Waals surface area contributed by atoms with Crippen molar-refractivity contribution in [3.05, 3.63) is 58.2 Å². The standard InChI is InChI=1S/C16H15Cl2FN6O/c17-12-2-1-3-13(18)11(12)7-20-15-14(19)8-21-16(24-15)23-10-6-22-25(9-10)4-5-26/h1-3,6,8-9,26H,4-5,7H2,(H2,20,21,23,24). The molecule has 3 rings (SSSR count). The molecule has 10 heteroatoms. The summed E-state index contributed by atoms with van der Waals surface area (Å²) >= 11 is 12.2. The van der Waals surface area contributed by atoms with Crippen LogP contribution in [-0.2, 0) is 13.1 Å². The summed E-state index contributed by atoms with van der Waals surface area (Å²) in [5.41, 5.74) is 1.26. The molecular formula is C16H15Cl2FN6O. The fourth-order valence-corrected chi connectivity index (χ4v) is 2.74. The lowest BCUT2D eigenvalue weighted by Crippen LogP contribution is -2.07. The smallest absolute Gasteiger partial charge is 0.229 e. The number of aliphatic hydroxyl groups excluding tert-OH is 1. The normalized spacial score (nSPS) is 10.8. The third-order valence-electron chi connectivity index (χ3n) is 3.46. The third-order valence-corrected chi connectivity index (χ3v) is 4.17. The van der Waals surface area contributed by atoms with Crippen molar-refractivity contribution in [1.29, 1.82) is 0 Å². The van der Waals surface area contributed by atoms with Crippen LogP contribution in [0, 0.1) is 5.82 Å². The van der Waals surface area contributed by atoms with Gasteiger partial charge < -0.3 is 15.7 Å². The van der Waals surface area contributed by atoms with E-state index in [-0.39, 0.29) is 24.9 Å². The van der Waals surface area contributed by atoms with Crippen molar-refractivity contribution in [3.8, 4) is 0 Å². The van der Waals surface area contributed by atoms with Gasteiger partial charge in [0.2, 0.25) is 5.95 Å². The van der Waals surface area contributed by atoms with Gasteiger partial charge in [-0.2, -0.15) is 10.1 Å². The molecule has 0 saturated carbocycles. The first-order chi connectivity index (χ1) is 12.6. The highest BCUT2D eigenvalue weighted by Gasteiger charge is 2.10. The molecule has 0 spiro atoms. The van der Waals surface area contributed by atoms with Gasteiger partial charge in [0.25, 0.3) is 0 Å². The number of aliphatic hydroxyl groups is 1. The van der Waals surface area contributed by atoms with Crippen LogP contribution in [0.2, 0.25) is 10.0 Å². The third kappa shape index (κ3) is 4.40. The van der Waals surface area contributed by atoms with Crippen LogP contribution < -0.4 is 10.6 Å². The molecule has 0 unspecified atom stereocenters. The maximum atomic E-state index is 14.0. The molecule has 2 aromatic heterocycles. The van der Waals surface area contributed by atoms with Gasteiger partial charge in [0.05, 0.1) is 31.2 Å². The van der Waals surface area contributed by atoms with Crippen molar-refractivity contribution in [2.24, 2.45) is 0 Å². The molecule has 0 bridgehead atoms. The summed E-state index contributed by atoms with van der Waals surface area (Å²) in [4.78, 5) is 8.02. The zero-order valence-electron chi connectivity index (χ0n) is 13.5. The van der Waals surface area contributed by atoms with Gasteiger partial charge in [-0.3, -0.25) is 4.68 Å². The van der Waals surface area contributed by atoms with Crippen LogP contribution in [0.1, 0.15) is 5.56 Å². The van der Waals surface area contributed by atoms with Crippen LogP contribution in [0.15, 0.2) is 36.8 Å². The van der Waals surface area contributed by atoms with Crippen LogP contribution in [0.3, 0.4) is 0 Å². The average molecular weight is 397 g/mol. The Morgan fingerprint density at radius 3 is 2.69 bits per heavy atom. The molecule has 0 radical (unpaired) electrons. The van der Waals surface area contributed by atoms with E-state index in [4.69, 9.17) is 28.3 Å². The second kappa shape index (κ2) is 8.31. The SMILES string of the molecule is OCCn1cc(Nc2ncc(F)c(NCc3c(Cl)cccc3Cl)n2)cn1. The molecule has 0 aliphatic rings. The van der Waals surface area contributed by atoms with Crippen molar-refractivity contribution < 1.29 is 9.50 Å². The molecule has 1 aromatic carbocycles. The van der Waals surface area contributed by atoms with Crippen LogP contribution in [-0.4, -0.2) is 31.5 Å². The average Bonchev–Trinajstić information content (AvgIpc) is 3.04. The Kier molecular flexibility index (Phi) is 5.87. The van der Waals surface area contributed by atoms with E-state index in [2.05, 4.69) is 25.7 Å². The number of halogens is 3. The zero-order valence-corrected chi connectivity index (χ0v) is 15.0. The summed E-state index contributed by atoms with van der Waals surface area (Å²) in [7, 11) is 0. The summed E-state index contributed by atoms with van der Waals surface area (Å²) in [6.45, 7) is 0.560. The van der Waals surface area contributed by atoms with Crippen molar-refractivity contribution >= 4 is 40.7 Å². The number of hydrogen-bond acceptors (Lipinski definition) is 6. The minimum atomic E-state index is -0.602. The van der Waals surface area contributed by atoms with Gasteiger partial charge in [0.15, 0.2) is 11.6 Å². The Morgan fingerprint density at radius 2 is 1.96 bits per heavy atom. The lowest BCUT2D eigenvalue weighted by atomic mass is 10.2. The number of benzene rings is 1. The number of aromatic nitrogens is 4. The first-order valence-electron chi connectivity index (χ1n) is 7.66. The predicted octanol–water partition coefficient (Wildman–Crippen LogP) is 3.47.